The Hall–Kier alpha value is -1.41. The van der Waals surface area contributed by atoms with Crippen LogP contribution in [0.3, 0.4) is 0 Å². The molecule has 0 spiro atoms. The van der Waals surface area contributed by atoms with Gasteiger partial charge in [0.1, 0.15) is 11.4 Å². The summed E-state index contributed by atoms with van der Waals surface area (Å²) in [5, 5.41) is 12.4. The van der Waals surface area contributed by atoms with Crippen LogP contribution in [-0.4, -0.2) is 47.2 Å². The van der Waals surface area contributed by atoms with E-state index in [1.807, 2.05) is 0 Å². The Morgan fingerprint density at radius 2 is 2.26 bits per heavy atom. The predicted octanol–water partition coefficient (Wildman–Crippen LogP) is 0.388. The topological polar surface area (TPSA) is 92.5 Å². The van der Waals surface area contributed by atoms with Gasteiger partial charge in [0.05, 0.1) is 6.20 Å². The van der Waals surface area contributed by atoms with Crippen LogP contribution in [0.15, 0.2) is 17.3 Å². The van der Waals surface area contributed by atoms with E-state index in [0.29, 0.717) is 12.5 Å². The lowest BCUT2D eigenvalue weighted by atomic mass is 9.86. The average Bonchev–Trinajstić information content (AvgIpc) is 2.71. The van der Waals surface area contributed by atoms with Crippen molar-refractivity contribution in [3.63, 3.8) is 0 Å². The molecule has 0 aromatic carbocycles. The molecule has 7 nitrogen and oxygen atoms in total. The van der Waals surface area contributed by atoms with Gasteiger partial charge in [-0.1, -0.05) is 6.42 Å². The highest BCUT2D eigenvalue weighted by molar-refractivity contribution is 7.89. The molecule has 0 bridgehead atoms. The summed E-state index contributed by atoms with van der Waals surface area (Å²) in [6.07, 6.45) is 5.74. The smallest absolute Gasteiger partial charge is 0.325 e. The van der Waals surface area contributed by atoms with Crippen molar-refractivity contribution >= 4 is 16.0 Å². The van der Waals surface area contributed by atoms with E-state index in [0.717, 1.165) is 23.9 Å². The molecule has 19 heavy (non-hydrogen) atoms. The number of carbonyl (C=O) groups is 1. The van der Waals surface area contributed by atoms with Crippen LogP contribution in [0.1, 0.15) is 19.3 Å². The van der Waals surface area contributed by atoms with Gasteiger partial charge in [-0.3, -0.25) is 9.48 Å². The third-order valence-electron chi connectivity index (χ3n) is 3.36. The van der Waals surface area contributed by atoms with Gasteiger partial charge in [-0.2, -0.15) is 5.10 Å². The van der Waals surface area contributed by atoms with Crippen LogP contribution >= 0.6 is 0 Å². The summed E-state index contributed by atoms with van der Waals surface area (Å²) in [6, 6.07) is 0. The zero-order chi connectivity index (χ0) is 14.0. The lowest BCUT2D eigenvalue weighted by Crippen LogP contribution is -2.34. The van der Waals surface area contributed by atoms with Crippen LogP contribution in [0, 0.1) is 5.92 Å². The monoisotopic (exact) mass is 287 g/mol. The van der Waals surface area contributed by atoms with Crippen molar-refractivity contribution in [3.05, 3.63) is 12.4 Å². The van der Waals surface area contributed by atoms with E-state index >= 15 is 0 Å². The van der Waals surface area contributed by atoms with E-state index in [4.69, 9.17) is 5.11 Å². The molecule has 0 amide bonds. The van der Waals surface area contributed by atoms with Crippen LogP contribution in [0.5, 0.6) is 0 Å². The fourth-order valence-electron chi connectivity index (χ4n) is 2.02. The summed E-state index contributed by atoms with van der Waals surface area (Å²) < 4.78 is 26.9. The number of carboxylic acid groups (broad SMARTS) is 1. The summed E-state index contributed by atoms with van der Waals surface area (Å²) in [6.45, 7) is 0.161. The molecule has 1 aliphatic rings. The molecule has 8 heteroatoms. The summed E-state index contributed by atoms with van der Waals surface area (Å²) in [5.74, 6) is -0.622. The second kappa shape index (κ2) is 5.30. The van der Waals surface area contributed by atoms with Gasteiger partial charge in [-0.05, 0) is 18.8 Å². The van der Waals surface area contributed by atoms with Crippen LogP contribution in [0.4, 0.5) is 0 Å². The van der Waals surface area contributed by atoms with E-state index in [1.54, 1.807) is 7.05 Å². The Kier molecular flexibility index (Phi) is 3.91. The Morgan fingerprint density at radius 1 is 1.58 bits per heavy atom. The van der Waals surface area contributed by atoms with E-state index in [9.17, 15) is 13.2 Å². The predicted molar refractivity (Wildman–Crippen MR) is 67.0 cm³/mol. The number of rotatable bonds is 6. The number of aromatic nitrogens is 2. The largest absolute Gasteiger partial charge is 0.480 e. The van der Waals surface area contributed by atoms with Gasteiger partial charge >= 0.3 is 5.97 Å². The molecule has 0 atom stereocenters. The van der Waals surface area contributed by atoms with Gasteiger partial charge in [-0.15, -0.1) is 0 Å². The Morgan fingerprint density at radius 3 is 2.79 bits per heavy atom. The Bertz CT molecular complexity index is 562. The van der Waals surface area contributed by atoms with Crippen LogP contribution in [0.25, 0.3) is 0 Å². The van der Waals surface area contributed by atoms with Gasteiger partial charge < -0.3 is 5.11 Å². The van der Waals surface area contributed by atoms with Crippen molar-refractivity contribution in [1.29, 1.82) is 0 Å². The van der Waals surface area contributed by atoms with Crippen molar-refractivity contribution in [1.82, 2.24) is 14.1 Å². The first kappa shape index (κ1) is 14.0. The molecule has 1 heterocycles. The summed E-state index contributed by atoms with van der Waals surface area (Å²) in [5.41, 5.74) is 0. The van der Waals surface area contributed by atoms with E-state index in [1.165, 1.54) is 16.7 Å². The molecule has 0 aliphatic heterocycles. The molecule has 106 valence electrons. The minimum Gasteiger partial charge on any atom is -0.480 e. The third kappa shape index (κ3) is 3.13. The molecule has 0 unspecified atom stereocenters. The second-order valence-corrected chi connectivity index (χ2v) is 6.89. The summed E-state index contributed by atoms with van der Waals surface area (Å²) in [4.78, 5) is 10.6. The molecule has 1 aliphatic carbocycles. The zero-order valence-electron chi connectivity index (χ0n) is 10.7. The maximum absolute atomic E-state index is 12.2. The van der Waals surface area contributed by atoms with E-state index in [2.05, 4.69) is 5.10 Å². The second-order valence-electron chi connectivity index (χ2n) is 4.85. The lowest BCUT2D eigenvalue weighted by Gasteiger charge is -2.29. The Labute approximate surface area is 111 Å². The highest BCUT2D eigenvalue weighted by Crippen LogP contribution is 2.28. The van der Waals surface area contributed by atoms with Crippen LogP contribution in [-0.2, 0) is 21.4 Å². The number of hydrogen-bond donors (Lipinski definition) is 1. The van der Waals surface area contributed by atoms with Gasteiger partial charge in [0.15, 0.2) is 0 Å². The first-order valence-corrected chi connectivity index (χ1v) is 7.54. The summed E-state index contributed by atoms with van der Waals surface area (Å²) >= 11 is 0. The number of aliphatic carboxylic acids is 1. The first-order valence-electron chi connectivity index (χ1n) is 6.10. The zero-order valence-corrected chi connectivity index (χ0v) is 11.5. The Balaban J connectivity index is 2.09. The van der Waals surface area contributed by atoms with Gasteiger partial charge in [0.25, 0.3) is 0 Å². The molecule has 0 saturated heterocycles. The molecular formula is C11H17N3O4S. The first-order chi connectivity index (χ1) is 8.89. The van der Waals surface area contributed by atoms with Crippen molar-refractivity contribution in [2.75, 3.05) is 13.6 Å². The molecule has 1 saturated carbocycles. The van der Waals surface area contributed by atoms with Gasteiger partial charge in [-0.25, -0.2) is 12.7 Å². The molecule has 2 rings (SSSR count). The molecule has 0 radical (unpaired) electrons. The molecular weight excluding hydrogens is 270 g/mol. The fraction of sp³-hybridized carbons (Fsp3) is 0.636. The van der Waals surface area contributed by atoms with Crippen molar-refractivity contribution in [2.24, 2.45) is 5.92 Å². The molecule has 1 aromatic rings. The molecule has 1 fully saturated rings. The van der Waals surface area contributed by atoms with Gasteiger partial charge in [0, 0.05) is 19.8 Å². The van der Waals surface area contributed by atoms with E-state index < -0.39 is 16.0 Å². The average molecular weight is 287 g/mol. The lowest BCUT2D eigenvalue weighted by molar-refractivity contribution is -0.137. The maximum atomic E-state index is 12.2. The number of nitrogens with zero attached hydrogens (tertiary/aromatic N) is 3. The quantitative estimate of drug-likeness (QED) is 0.817. The minimum atomic E-state index is -3.57. The maximum Gasteiger partial charge on any atom is 0.325 e. The standard InChI is InChI=1S/C11H17N3O4S/c1-13(6-9-3-2-4-9)19(17,18)10-5-12-14(7-10)8-11(15)16/h5,7,9H,2-4,6,8H2,1H3,(H,15,16). The number of sulfonamides is 1. The summed E-state index contributed by atoms with van der Waals surface area (Å²) in [7, 11) is -2.02. The van der Waals surface area contributed by atoms with Crippen molar-refractivity contribution in [2.45, 2.75) is 30.7 Å². The number of carboxylic acids is 1. The molecule has 1 aromatic heterocycles. The van der Waals surface area contributed by atoms with Crippen LogP contribution in [0.2, 0.25) is 0 Å². The normalized spacial score (nSPS) is 16.5. The highest BCUT2D eigenvalue weighted by atomic mass is 32.2. The van der Waals surface area contributed by atoms with Gasteiger partial charge in [0.2, 0.25) is 10.0 Å². The number of hydrogen-bond acceptors (Lipinski definition) is 4. The minimum absolute atomic E-state index is 0.0376. The fourth-order valence-corrected chi connectivity index (χ4v) is 3.22. The third-order valence-corrected chi connectivity index (χ3v) is 5.13. The van der Waals surface area contributed by atoms with Crippen molar-refractivity contribution < 1.29 is 18.3 Å². The van der Waals surface area contributed by atoms with Crippen LogP contribution < -0.4 is 0 Å². The van der Waals surface area contributed by atoms with Crippen molar-refractivity contribution in [3.8, 4) is 0 Å². The molecule has 1 N–H and O–H groups in total. The SMILES string of the molecule is CN(CC1CCC1)S(=O)(=O)c1cnn(CC(=O)O)c1. The highest BCUT2D eigenvalue weighted by Gasteiger charge is 2.27. The van der Waals surface area contributed by atoms with E-state index in [-0.39, 0.29) is 11.4 Å².